The van der Waals surface area contributed by atoms with Crippen molar-refractivity contribution in [3.8, 4) is 5.75 Å². The standard InChI is InChI=1S/C29H33N3O4/c33-28(21-30-24-12-4-11-23(18-24)29(34)31-20-27-15-7-17-36-27)32-25-13-5-14-26(19-25)35-16-6-10-22-8-2-1-3-9-22/h1-5,8-9,11-14,18-19,27,30H,6-7,10,15-17,20-21H2,(H,31,34)(H,32,33). The maximum atomic E-state index is 12.5. The molecule has 0 saturated carbocycles. The number of aryl methyl sites for hydroxylation is 1. The molecule has 0 radical (unpaired) electrons. The summed E-state index contributed by atoms with van der Waals surface area (Å²) in [5.74, 6) is 0.374. The molecule has 1 fully saturated rings. The molecule has 2 amide bonds. The fraction of sp³-hybridized carbons (Fsp3) is 0.310. The summed E-state index contributed by atoms with van der Waals surface area (Å²) in [5, 5.41) is 8.88. The van der Waals surface area contributed by atoms with Crippen LogP contribution in [0.15, 0.2) is 78.9 Å². The first-order valence-corrected chi connectivity index (χ1v) is 12.5. The average Bonchev–Trinajstić information content (AvgIpc) is 3.43. The minimum atomic E-state index is -0.190. The maximum Gasteiger partial charge on any atom is 0.251 e. The van der Waals surface area contributed by atoms with E-state index >= 15 is 0 Å². The summed E-state index contributed by atoms with van der Waals surface area (Å²) in [4.78, 5) is 24.9. The molecule has 3 aromatic rings. The number of rotatable bonds is 12. The molecule has 0 aromatic heterocycles. The van der Waals surface area contributed by atoms with Crippen LogP contribution in [0.1, 0.15) is 35.2 Å². The van der Waals surface area contributed by atoms with Crippen LogP contribution in [-0.2, 0) is 16.0 Å². The van der Waals surface area contributed by atoms with E-state index in [4.69, 9.17) is 9.47 Å². The second kappa shape index (κ2) is 13.3. The largest absolute Gasteiger partial charge is 0.494 e. The molecule has 1 saturated heterocycles. The van der Waals surface area contributed by atoms with Gasteiger partial charge in [-0.3, -0.25) is 9.59 Å². The van der Waals surface area contributed by atoms with Gasteiger partial charge in [-0.1, -0.05) is 42.5 Å². The van der Waals surface area contributed by atoms with Gasteiger partial charge in [0.1, 0.15) is 5.75 Å². The first-order chi connectivity index (χ1) is 17.7. The third-order valence-electron chi connectivity index (χ3n) is 5.93. The van der Waals surface area contributed by atoms with E-state index in [2.05, 4.69) is 28.1 Å². The summed E-state index contributed by atoms with van der Waals surface area (Å²) in [6.07, 6.45) is 3.97. The second-order valence-corrected chi connectivity index (χ2v) is 8.79. The van der Waals surface area contributed by atoms with Crippen molar-refractivity contribution in [2.45, 2.75) is 31.8 Å². The predicted octanol–water partition coefficient (Wildman–Crippen LogP) is 4.66. The Bertz CT molecular complexity index is 1130. The molecule has 1 heterocycles. The van der Waals surface area contributed by atoms with Gasteiger partial charge in [0.25, 0.3) is 5.91 Å². The number of hydrogen-bond donors (Lipinski definition) is 3. The Balaban J connectivity index is 1.19. The van der Waals surface area contributed by atoms with Crippen molar-refractivity contribution in [1.82, 2.24) is 5.32 Å². The predicted molar refractivity (Wildman–Crippen MR) is 142 cm³/mol. The van der Waals surface area contributed by atoms with Crippen LogP contribution in [-0.4, -0.2) is 44.2 Å². The minimum absolute atomic E-state index is 0.0726. The second-order valence-electron chi connectivity index (χ2n) is 8.79. The van der Waals surface area contributed by atoms with Crippen LogP contribution in [0.5, 0.6) is 5.75 Å². The Morgan fingerprint density at radius 3 is 2.61 bits per heavy atom. The summed E-state index contributed by atoms with van der Waals surface area (Å²) in [6.45, 7) is 1.94. The molecule has 1 aliphatic rings. The molecule has 0 aliphatic carbocycles. The number of carbonyl (C=O) groups excluding carboxylic acids is 2. The first kappa shape index (κ1) is 25.3. The summed E-state index contributed by atoms with van der Waals surface area (Å²) in [7, 11) is 0. The zero-order valence-corrected chi connectivity index (χ0v) is 20.4. The van der Waals surface area contributed by atoms with Crippen molar-refractivity contribution < 1.29 is 19.1 Å². The van der Waals surface area contributed by atoms with Gasteiger partial charge in [-0.25, -0.2) is 0 Å². The van der Waals surface area contributed by atoms with Gasteiger partial charge in [0, 0.05) is 36.2 Å². The van der Waals surface area contributed by atoms with Gasteiger partial charge in [0.15, 0.2) is 0 Å². The zero-order valence-electron chi connectivity index (χ0n) is 20.4. The molecule has 4 rings (SSSR count). The van der Waals surface area contributed by atoms with Crippen LogP contribution in [0.3, 0.4) is 0 Å². The molecule has 3 N–H and O–H groups in total. The van der Waals surface area contributed by atoms with E-state index in [9.17, 15) is 9.59 Å². The molecular weight excluding hydrogens is 454 g/mol. The lowest BCUT2D eigenvalue weighted by Gasteiger charge is -2.12. The van der Waals surface area contributed by atoms with Crippen LogP contribution < -0.4 is 20.7 Å². The minimum Gasteiger partial charge on any atom is -0.494 e. The van der Waals surface area contributed by atoms with E-state index in [-0.39, 0.29) is 24.5 Å². The monoisotopic (exact) mass is 487 g/mol. The van der Waals surface area contributed by atoms with E-state index in [1.54, 1.807) is 18.2 Å². The van der Waals surface area contributed by atoms with Gasteiger partial charge in [-0.2, -0.15) is 0 Å². The molecule has 7 nitrogen and oxygen atoms in total. The molecule has 0 bridgehead atoms. The Labute approximate surface area is 212 Å². The van der Waals surface area contributed by atoms with Gasteiger partial charge < -0.3 is 25.4 Å². The smallest absolute Gasteiger partial charge is 0.251 e. The van der Waals surface area contributed by atoms with E-state index < -0.39 is 0 Å². The number of nitrogens with one attached hydrogen (secondary N) is 3. The van der Waals surface area contributed by atoms with Gasteiger partial charge in [-0.05, 0) is 61.6 Å². The molecule has 1 aliphatic heterocycles. The molecule has 188 valence electrons. The van der Waals surface area contributed by atoms with Gasteiger partial charge in [-0.15, -0.1) is 0 Å². The van der Waals surface area contributed by atoms with E-state index in [1.807, 2.05) is 48.5 Å². The molecule has 7 heteroatoms. The van der Waals surface area contributed by atoms with Crippen molar-refractivity contribution in [3.63, 3.8) is 0 Å². The normalized spacial score (nSPS) is 14.7. The fourth-order valence-corrected chi connectivity index (χ4v) is 4.05. The average molecular weight is 488 g/mol. The number of hydrogen-bond acceptors (Lipinski definition) is 5. The van der Waals surface area contributed by atoms with E-state index in [1.165, 1.54) is 5.56 Å². The topological polar surface area (TPSA) is 88.7 Å². The number of anilines is 2. The summed E-state index contributed by atoms with van der Waals surface area (Å²) in [5.41, 5.74) is 3.20. The van der Waals surface area contributed by atoms with Crippen LogP contribution in [0, 0.1) is 0 Å². The van der Waals surface area contributed by atoms with Crippen LogP contribution in [0.25, 0.3) is 0 Å². The Kier molecular flexibility index (Phi) is 9.33. The molecular formula is C29H33N3O4. The molecule has 1 atom stereocenters. The summed E-state index contributed by atoms with van der Waals surface area (Å²) < 4.78 is 11.4. The highest BCUT2D eigenvalue weighted by Crippen LogP contribution is 2.18. The van der Waals surface area contributed by atoms with Crippen LogP contribution in [0.4, 0.5) is 11.4 Å². The lowest BCUT2D eigenvalue weighted by molar-refractivity contribution is -0.114. The van der Waals surface area contributed by atoms with Gasteiger partial charge >= 0.3 is 0 Å². The van der Waals surface area contributed by atoms with Crippen LogP contribution >= 0.6 is 0 Å². The lowest BCUT2D eigenvalue weighted by Crippen LogP contribution is -2.31. The number of benzene rings is 3. The lowest BCUT2D eigenvalue weighted by atomic mass is 10.1. The number of amides is 2. The van der Waals surface area contributed by atoms with E-state index in [0.717, 1.165) is 38.0 Å². The van der Waals surface area contributed by atoms with Crippen molar-refractivity contribution in [1.29, 1.82) is 0 Å². The highest BCUT2D eigenvalue weighted by molar-refractivity contribution is 5.96. The molecule has 36 heavy (non-hydrogen) atoms. The molecule has 3 aromatic carbocycles. The van der Waals surface area contributed by atoms with Crippen molar-refractivity contribution in [2.24, 2.45) is 0 Å². The summed E-state index contributed by atoms with van der Waals surface area (Å²) >= 11 is 0. The Morgan fingerprint density at radius 2 is 1.78 bits per heavy atom. The third-order valence-corrected chi connectivity index (χ3v) is 5.93. The molecule has 0 spiro atoms. The zero-order chi connectivity index (χ0) is 25.0. The number of ether oxygens (including phenoxy) is 2. The van der Waals surface area contributed by atoms with Crippen molar-refractivity contribution in [3.05, 3.63) is 90.0 Å². The highest BCUT2D eigenvalue weighted by Gasteiger charge is 2.16. The van der Waals surface area contributed by atoms with Crippen molar-refractivity contribution in [2.75, 3.05) is 36.9 Å². The van der Waals surface area contributed by atoms with Crippen molar-refractivity contribution >= 4 is 23.2 Å². The SMILES string of the molecule is O=C(CNc1cccc(C(=O)NCC2CCCO2)c1)Nc1cccc(OCCCc2ccccc2)c1. The van der Waals surface area contributed by atoms with E-state index in [0.29, 0.717) is 30.1 Å². The molecule has 1 unspecified atom stereocenters. The first-order valence-electron chi connectivity index (χ1n) is 12.5. The quantitative estimate of drug-likeness (QED) is 0.324. The number of carbonyl (C=O) groups is 2. The third kappa shape index (κ3) is 8.13. The maximum absolute atomic E-state index is 12.5. The van der Waals surface area contributed by atoms with Crippen LogP contribution in [0.2, 0.25) is 0 Å². The Hall–Kier alpha value is -3.84. The summed E-state index contributed by atoms with van der Waals surface area (Å²) in [6, 6.07) is 24.8. The fourth-order valence-electron chi connectivity index (χ4n) is 4.05. The van der Waals surface area contributed by atoms with Gasteiger partial charge in [0.2, 0.25) is 5.91 Å². The van der Waals surface area contributed by atoms with Gasteiger partial charge in [0.05, 0.1) is 19.3 Å². The Morgan fingerprint density at radius 1 is 0.944 bits per heavy atom. The highest BCUT2D eigenvalue weighted by atomic mass is 16.5.